The number of hydrogen-bond acceptors (Lipinski definition) is 5. The lowest BCUT2D eigenvalue weighted by Gasteiger charge is -2.19. The van der Waals surface area contributed by atoms with Gasteiger partial charge in [-0.3, -0.25) is 9.59 Å². The molecule has 2 amide bonds. The third-order valence-electron chi connectivity index (χ3n) is 3.07. The zero-order valence-electron chi connectivity index (χ0n) is 11.6. The van der Waals surface area contributed by atoms with E-state index in [2.05, 4.69) is 0 Å². The van der Waals surface area contributed by atoms with Gasteiger partial charge in [-0.2, -0.15) is 0 Å². The molecule has 0 bridgehead atoms. The smallest absolute Gasteiger partial charge is 0.418 e. The van der Waals surface area contributed by atoms with Gasteiger partial charge in [0.1, 0.15) is 12.4 Å². The van der Waals surface area contributed by atoms with Crippen molar-refractivity contribution in [2.75, 3.05) is 6.61 Å². The minimum absolute atomic E-state index is 0.194. The normalized spacial score (nSPS) is 21.4. The summed E-state index contributed by atoms with van der Waals surface area (Å²) in [5, 5.41) is 0. The second-order valence-electron chi connectivity index (χ2n) is 4.86. The van der Waals surface area contributed by atoms with E-state index in [0.717, 1.165) is 4.90 Å². The second kappa shape index (κ2) is 5.51. The van der Waals surface area contributed by atoms with Gasteiger partial charge in [0.2, 0.25) is 5.60 Å². The Bertz CT molecular complexity index is 603. The number of imide groups is 1. The molecule has 0 spiro atoms. The Balaban J connectivity index is 2.15. The fourth-order valence-electron chi connectivity index (χ4n) is 1.92. The van der Waals surface area contributed by atoms with Gasteiger partial charge < -0.3 is 9.47 Å². The Morgan fingerprint density at radius 3 is 2.67 bits per heavy atom. The van der Waals surface area contributed by atoms with Crippen LogP contribution in [0.5, 0.6) is 0 Å². The molecule has 112 valence electrons. The topological polar surface area (TPSA) is 72.9 Å². The minimum Gasteiger partial charge on any atom is -0.461 e. The number of ether oxygens (including phenoxy) is 2. The number of cyclic esters (lactones) is 1. The number of carbonyl (C=O) groups is 3. The molecule has 1 saturated heterocycles. The minimum atomic E-state index is -1.58. The van der Waals surface area contributed by atoms with Gasteiger partial charge in [-0.25, -0.2) is 14.1 Å². The first-order chi connectivity index (χ1) is 9.83. The molecule has 7 heteroatoms. The number of benzene rings is 1. The van der Waals surface area contributed by atoms with Gasteiger partial charge in [-0.1, -0.05) is 18.2 Å². The van der Waals surface area contributed by atoms with E-state index in [1.165, 1.54) is 32.0 Å². The van der Waals surface area contributed by atoms with Crippen molar-refractivity contribution in [1.82, 2.24) is 4.90 Å². The van der Waals surface area contributed by atoms with Crippen molar-refractivity contribution in [2.24, 2.45) is 0 Å². The summed E-state index contributed by atoms with van der Waals surface area (Å²) in [5.74, 6) is -1.78. The third kappa shape index (κ3) is 3.01. The quantitative estimate of drug-likeness (QED) is 0.789. The molecule has 1 unspecified atom stereocenters. The second-order valence-corrected chi connectivity index (χ2v) is 4.86. The molecule has 0 N–H and O–H groups in total. The molecule has 6 nitrogen and oxygen atoms in total. The summed E-state index contributed by atoms with van der Waals surface area (Å²) in [4.78, 5) is 35.6. The molecular formula is C14H14FNO5. The van der Waals surface area contributed by atoms with Crippen LogP contribution in [0.2, 0.25) is 0 Å². The Morgan fingerprint density at radius 2 is 2.05 bits per heavy atom. The maximum Gasteiger partial charge on any atom is 0.418 e. The molecule has 1 aliphatic rings. The highest BCUT2D eigenvalue weighted by atomic mass is 19.1. The number of carbonyl (C=O) groups excluding carboxylic acids is 3. The van der Waals surface area contributed by atoms with Crippen molar-refractivity contribution in [3.05, 3.63) is 35.6 Å². The Labute approximate surface area is 120 Å². The summed E-state index contributed by atoms with van der Waals surface area (Å²) in [6, 6.07) is 5.81. The standard InChI is InChI=1S/C14H14FNO5/c1-9(17)20-8-14(2)12(18)16(13(19)21-14)7-10-5-3-4-6-11(10)15/h3-6H,7-8H2,1-2H3. The van der Waals surface area contributed by atoms with Gasteiger partial charge in [0, 0.05) is 12.5 Å². The zero-order valence-corrected chi connectivity index (χ0v) is 11.6. The first kappa shape index (κ1) is 15.0. The van der Waals surface area contributed by atoms with Crippen LogP contribution >= 0.6 is 0 Å². The largest absolute Gasteiger partial charge is 0.461 e. The molecule has 0 aliphatic carbocycles. The van der Waals surface area contributed by atoms with E-state index in [1.807, 2.05) is 0 Å². The van der Waals surface area contributed by atoms with Crippen molar-refractivity contribution in [3.63, 3.8) is 0 Å². The lowest BCUT2D eigenvalue weighted by atomic mass is 10.1. The van der Waals surface area contributed by atoms with Crippen molar-refractivity contribution in [3.8, 4) is 0 Å². The number of hydrogen-bond donors (Lipinski definition) is 0. The zero-order chi connectivity index (χ0) is 15.6. The molecule has 1 aliphatic heterocycles. The average Bonchev–Trinajstić information content (AvgIpc) is 2.63. The van der Waals surface area contributed by atoms with Crippen LogP contribution in [0.1, 0.15) is 19.4 Å². The van der Waals surface area contributed by atoms with Crippen molar-refractivity contribution < 1.29 is 28.2 Å². The SMILES string of the molecule is CC(=O)OCC1(C)OC(=O)N(Cc2ccccc2F)C1=O. The van der Waals surface area contributed by atoms with Gasteiger partial charge in [0.05, 0.1) is 6.54 Å². The Morgan fingerprint density at radius 1 is 1.38 bits per heavy atom. The Kier molecular flexibility index (Phi) is 3.93. The van der Waals surface area contributed by atoms with Gasteiger partial charge in [0.25, 0.3) is 5.91 Å². The predicted molar refractivity (Wildman–Crippen MR) is 68.5 cm³/mol. The van der Waals surface area contributed by atoms with E-state index in [1.54, 1.807) is 6.07 Å². The van der Waals surface area contributed by atoms with Gasteiger partial charge in [-0.15, -0.1) is 0 Å². The lowest BCUT2D eigenvalue weighted by molar-refractivity contribution is -0.152. The molecule has 2 rings (SSSR count). The molecule has 1 heterocycles. The van der Waals surface area contributed by atoms with E-state index in [-0.39, 0.29) is 18.7 Å². The van der Waals surface area contributed by atoms with Crippen LogP contribution in [0.4, 0.5) is 9.18 Å². The van der Waals surface area contributed by atoms with Gasteiger partial charge in [-0.05, 0) is 13.0 Å². The third-order valence-corrected chi connectivity index (χ3v) is 3.07. The van der Waals surface area contributed by atoms with Crippen LogP contribution in [0.25, 0.3) is 0 Å². The number of rotatable bonds is 4. The van der Waals surface area contributed by atoms with Crippen molar-refractivity contribution in [1.29, 1.82) is 0 Å². The number of amides is 2. The monoisotopic (exact) mass is 295 g/mol. The summed E-state index contributed by atoms with van der Waals surface area (Å²) in [6.45, 7) is 1.92. The summed E-state index contributed by atoms with van der Waals surface area (Å²) < 4.78 is 23.3. The molecule has 21 heavy (non-hydrogen) atoms. The maximum absolute atomic E-state index is 13.6. The highest BCUT2D eigenvalue weighted by Crippen LogP contribution is 2.26. The summed E-state index contributed by atoms with van der Waals surface area (Å²) in [7, 11) is 0. The van der Waals surface area contributed by atoms with Gasteiger partial charge in [0.15, 0.2) is 0 Å². The van der Waals surface area contributed by atoms with Crippen molar-refractivity contribution >= 4 is 18.0 Å². The summed E-state index contributed by atoms with van der Waals surface area (Å²) in [6.07, 6.45) is -0.891. The van der Waals surface area contributed by atoms with Crippen LogP contribution in [0, 0.1) is 5.82 Å². The first-order valence-corrected chi connectivity index (χ1v) is 6.25. The van der Waals surface area contributed by atoms with E-state index in [9.17, 15) is 18.8 Å². The van der Waals surface area contributed by atoms with E-state index in [4.69, 9.17) is 9.47 Å². The molecule has 0 saturated carbocycles. The maximum atomic E-state index is 13.6. The summed E-state index contributed by atoms with van der Waals surface area (Å²) >= 11 is 0. The van der Waals surface area contributed by atoms with Crippen LogP contribution in [-0.2, 0) is 25.6 Å². The molecule has 1 aromatic carbocycles. The number of nitrogens with zero attached hydrogens (tertiary/aromatic N) is 1. The Hall–Kier alpha value is -2.44. The van der Waals surface area contributed by atoms with E-state index < -0.39 is 29.4 Å². The van der Waals surface area contributed by atoms with Crippen LogP contribution in [0.15, 0.2) is 24.3 Å². The molecular weight excluding hydrogens is 281 g/mol. The number of halogens is 1. The molecule has 0 radical (unpaired) electrons. The molecule has 0 aromatic heterocycles. The fraction of sp³-hybridized carbons (Fsp3) is 0.357. The van der Waals surface area contributed by atoms with Crippen LogP contribution in [0.3, 0.4) is 0 Å². The highest BCUT2D eigenvalue weighted by Gasteiger charge is 2.51. The lowest BCUT2D eigenvalue weighted by Crippen LogP contribution is -2.42. The van der Waals surface area contributed by atoms with Crippen LogP contribution in [-0.4, -0.2) is 35.1 Å². The molecule has 1 aromatic rings. The molecule has 1 atom stereocenters. The number of esters is 1. The van der Waals surface area contributed by atoms with E-state index >= 15 is 0 Å². The molecule has 1 fully saturated rings. The predicted octanol–water partition coefficient (Wildman–Crippen LogP) is 1.63. The average molecular weight is 295 g/mol. The summed E-state index contributed by atoms with van der Waals surface area (Å²) in [5.41, 5.74) is -1.38. The van der Waals surface area contributed by atoms with E-state index in [0.29, 0.717) is 0 Å². The van der Waals surface area contributed by atoms with Crippen LogP contribution < -0.4 is 0 Å². The first-order valence-electron chi connectivity index (χ1n) is 6.25. The fourth-order valence-corrected chi connectivity index (χ4v) is 1.92. The van der Waals surface area contributed by atoms with Gasteiger partial charge >= 0.3 is 12.1 Å². The highest BCUT2D eigenvalue weighted by molar-refractivity contribution is 6.02. The van der Waals surface area contributed by atoms with Crippen molar-refractivity contribution in [2.45, 2.75) is 26.0 Å².